The molecule has 0 aliphatic rings. The van der Waals surface area contributed by atoms with Crippen LogP contribution in [0.15, 0.2) is 66.1 Å². The molecule has 0 amide bonds. The van der Waals surface area contributed by atoms with E-state index in [4.69, 9.17) is 54.9 Å². The van der Waals surface area contributed by atoms with Gasteiger partial charge in [-0.3, -0.25) is 0 Å². The molecule has 0 atom stereocenters. The number of ether oxygens (including phenoxy) is 1. The van der Waals surface area contributed by atoms with E-state index in [1.165, 1.54) is 0 Å². The molecule has 0 saturated carbocycles. The van der Waals surface area contributed by atoms with Crippen molar-refractivity contribution >= 4 is 58.5 Å². The smallest absolute Gasteiger partial charge is 0.291 e. The van der Waals surface area contributed by atoms with Gasteiger partial charge in [-0.25, -0.2) is 4.98 Å². The van der Waals surface area contributed by atoms with Crippen molar-refractivity contribution in [3.8, 4) is 0 Å². The Morgan fingerprint density at radius 2 is 1.86 bits per heavy atom. The summed E-state index contributed by atoms with van der Waals surface area (Å²) in [4.78, 5) is 13.5. The molecule has 0 aliphatic heterocycles. The number of hydrogen-bond acceptors (Lipinski definition) is 5. The minimum Gasteiger partial charge on any atom is -0.480 e. The summed E-state index contributed by atoms with van der Waals surface area (Å²) in [5.74, 6) is 1.04. The number of aromatic nitrogens is 2. The van der Waals surface area contributed by atoms with Gasteiger partial charge in [0.2, 0.25) is 0 Å². The Balaban J connectivity index is 0.000000687. The van der Waals surface area contributed by atoms with Crippen molar-refractivity contribution < 1.29 is 15.0 Å². The van der Waals surface area contributed by atoms with Gasteiger partial charge < -0.3 is 14.5 Å². The molecule has 0 saturated heterocycles. The summed E-state index contributed by atoms with van der Waals surface area (Å²) in [5, 5.41) is 15.4. The normalized spacial score (nSPS) is 10.8. The number of hydrogen-bond donors (Lipinski definition) is 1. The Hall–Kier alpha value is -2.39. The molecule has 7 nitrogen and oxygen atoms in total. The van der Waals surface area contributed by atoms with E-state index in [2.05, 4.69) is 4.98 Å². The van der Waals surface area contributed by atoms with Gasteiger partial charge in [0.1, 0.15) is 11.7 Å². The van der Waals surface area contributed by atoms with Crippen LogP contribution in [0.4, 0.5) is 0 Å². The molecule has 0 unspecified atom stereocenters. The Morgan fingerprint density at radius 3 is 2.45 bits per heavy atom. The van der Waals surface area contributed by atoms with Crippen LogP contribution < -0.4 is 0 Å². The molecule has 1 N–H and O–H groups in total. The first-order valence-corrected chi connectivity index (χ1v) is 9.96. The topological polar surface area (TPSA) is 90.4 Å². The lowest BCUT2D eigenvalue weighted by molar-refractivity contribution is -0.742. The van der Waals surface area contributed by atoms with Crippen LogP contribution in [-0.2, 0) is 4.74 Å². The average molecular weight is 475 g/mol. The molecule has 152 valence electrons. The van der Waals surface area contributed by atoms with Gasteiger partial charge in [0, 0.05) is 32.9 Å². The fourth-order valence-electron chi connectivity index (χ4n) is 2.05. The molecule has 1 aromatic heterocycles. The summed E-state index contributed by atoms with van der Waals surface area (Å²) >= 11 is 19.8. The van der Waals surface area contributed by atoms with Gasteiger partial charge >= 0.3 is 0 Å². The van der Waals surface area contributed by atoms with Gasteiger partial charge in [-0.1, -0.05) is 46.6 Å². The van der Waals surface area contributed by atoms with E-state index in [9.17, 15) is 0 Å². The van der Waals surface area contributed by atoms with Crippen LogP contribution in [0, 0.1) is 10.1 Å². The lowest BCUT2D eigenvalue weighted by atomic mass is 10.2. The SMILES string of the molecule is Clc1ccc(SCO/C(=C/n2ccnc2)c2ccc(Cl)cc2Cl)cc1.O=[N+]([O-])O. The zero-order chi connectivity index (χ0) is 21.2. The van der Waals surface area contributed by atoms with Crippen LogP contribution in [0.25, 0.3) is 12.0 Å². The van der Waals surface area contributed by atoms with E-state index in [0.29, 0.717) is 26.8 Å². The zero-order valence-electron chi connectivity index (χ0n) is 14.6. The van der Waals surface area contributed by atoms with E-state index in [1.807, 2.05) is 42.7 Å². The lowest BCUT2D eigenvalue weighted by Crippen LogP contribution is -1.96. The van der Waals surface area contributed by atoms with Gasteiger partial charge in [0.25, 0.3) is 5.09 Å². The maximum atomic E-state index is 8.36. The average Bonchev–Trinajstić information content (AvgIpc) is 3.15. The molecule has 0 radical (unpaired) electrons. The van der Waals surface area contributed by atoms with Crippen molar-refractivity contribution in [1.82, 2.24) is 9.55 Å². The summed E-state index contributed by atoms with van der Waals surface area (Å²) in [6.07, 6.45) is 7.02. The van der Waals surface area contributed by atoms with Crippen LogP contribution >= 0.6 is 46.6 Å². The van der Waals surface area contributed by atoms with Gasteiger partial charge in [-0.15, -0.1) is 10.1 Å². The van der Waals surface area contributed by atoms with Crippen LogP contribution in [0.2, 0.25) is 15.1 Å². The van der Waals surface area contributed by atoms with E-state index < -0.39 is 5.09 Å². The minimum absolute atomic E-state index is 0.418. The molecule has 2 aromatic carbocycles. The van der Waals surface area contributed by atoms with Gasteiger partial charge in [-0.05, 0) is 42.5 Å². The number of halogens is 3. The lowest BCUT2D eigenvalue weighted by Gasteiger charge is -2.13. The summed E-state index contributed by atoms with van der Waals surface area (Å²) in [6, 6.07) is 12.9. The number of benzene rings is 2. The molecule has 3 rings (SSSR count). The Labute approximate surface area is 185 Å². The summed E-state index contributed by atoms with van der Waals surface area (Å²) in [6.45, 7) is 0. The highest BCUT2D eigenvalue weighted by molar-refractivity contribution is 7.99. The van der Waals surface area contributed by atoms with Crippen molar-refractivity contribution in [3.05, 3.63) is 91.9 Å². The maximum absolute atomic E-state index is 8.36. The Morgan fingerprint density at radius 1 is 1.21 bits per heavy atom. The van der Waals surface area contributed by atoms with Crippen LogP contribution in [-0.4, -0.2) is 25.8 Å². The van der Waals surface area contributed by atoms with Crippen LogP contribution in [0.3, 0.4) is 0 Å². The van der Waals surface area contributed by atoms with E-state index in [-0.39, 0.29) is 0 Å². The molecule has 0 aliphatic carbocycles. The summed E-state index contributed by atoms with van der Waals surface area (Å²) in [7, 11) is 0. The molecule has 11 heteroatoms. The minimum atomic E-state index is -1.50. The van der Waals surface area contributed by atoms with E-state index >= 15 is 0 Å². The van der Waals surface area contributed by atoms with Crippen molar-refractivity contribution in [2.24, 2.45) is 0 Å². The van der Waals surface area contributed by atoms with Crippen molar-refractivity contribution in [2.45, 2.75) is 4.90 Å². The third kappa shape index (κ3) is 8.25. The molecule has 0 fully saturated rings. The van der Waals surface area contributed by atoms with Gasteiger partial charge in [0.05, 0.1) is 17.5 Å². The molecular formula is C18H14Cl3N3O4S. The zero-order valence-corrected chi connectivity index (χ0v) is 17.7. The molecule has 0 bridgehead atoms. The maximum Gasteiger partial charge on any atom is 0.291 e. The quantitative estimate of drug-likeness (QED) is 0.150. The molecule has 3 aromatic rings. The third-order valence-electron chi connectivity index (χ3n) is 3.24. The predicted octanol–water partition coefficient (Wildman–Crippen LogP) is 6.22. The highest BCUT2D eigenvalue weighted by Crippen LogP contribution is 2.30. The van der Waals surface area contributed by atoms with Crippen LogP contribution in [0.1, 0.15) is 5.56 Å². The first-order valence-electron chi connectivity index (χ1n) is 7.84. The number of nitrogens with zero attached hydrogens (tertiary/aromatic N) is 3. The second-order valence-electron chi connectivity index (χ2n) is 5.23. The van der Waals surface area contributed by atoms with Gasteiger partial charge in [0.15, 0.2) is 0 Å². The molecule has 0 spiro atoms. The number of thioether (sulfide) groups is 1. The Bertz CT molecular complexity index is 963. The van der Waals surface area contributed by atoms with Gasteiger partial charge in [-0.2, -0.15) is 0 Å². The monoisotopic (exact) mass is 473 g/mol. The standard InChI is InChI=1S/C18H13Cl3N2OS.HNO3/c19-13-1-4-15(5-2-13)25-12-24-18(10-23-8-7-22-11-23)16-6-3-14(20)9-17(16)21;2-1(3)4/h1-11H,12H2;(H,2,3,4)/b18-10+;. The highest BCUT2D eigenvalue weighted by Gasteiger charge is 2.10. The van der Waals surface area contributed by atoms with E-state index in [0.717, 1.165) is 10.5 Å². The van der Waals surface area contributed by atoms with Crippen molar-refractivity contribution in [1.29, 1.82) is 0 Å². The first kappa shape index (κ1) is 22.9. The van der Waals surface area contributed by atoms with Crippen molar-refractivity contribution in [3.63, 3.8) is 0 Å². The Kier molecular flexibility index (Phi) is 9.14. The van der Waals surface area contributed by atoms with Crippen LogP contribution in [0.5, 0.6) is 0 Å². The fraction of sp³-hybridized carbons (Fsp3) is 0.0556. The van der Waals surface area contributed by atoms with E-state index in [1.54, 1.807) is 41.0 Å². The molecule has 29 heavy (non-hydrogen) atoms. The third-order valence-corrected chi connectivity index (χ3v) is 4.88. The second-order valence-corrected chi connectivity index (χ2v) is 7.50. The predicted molar refractivity (Wildman–Crippen MR) is 115 cm³/mol. The van der Waals surface area contributed by atoms with Crippen molar-refractivity contribution in [2.75, 3.05) is 5.94 Å². The number of imidazole rings is 1. The second kappa shape index (κ2) is 11.6. The largest absolute Gasteiger partial charge is 0.480 e. The summed E-state index contributed by atoms with van der Waals surface area (Å²) < 4.78 is 7.77. The number of rotatable bonds is 6. The fourth-order valence-corrected chi connectivity index (χ4v) is 3.32. The molecule has 1 heterocycles. The highest BCUT2D eigenvalue weighted by atomic mass is 35.5. The summed E-state index contributed by atoms with van der Waals surface area (Å²) in [5.41, 5.74) is 0.761. The molecular weight excluding hydrogens is 461 g/mol. The first-order chi connectivity index (χ1) is 13.8.